The Morgan fingerprint density at radius 3 is 2.63 bits per heavy atom. The summed E-state index contributed by atoms with van der Waals surface area (Å²) >= 11 is 2.23. The van der Waals surface area contributed by atoms with Gasteiger partial charge in [0, 0.05) is 9.99 Å². The van der Waals surface area contributed by atoms with Crippen LogP contribution in [0.3, 0.4) is 0 Å². The highest BCUT2D eigenvalue weighted by molar-refractivity contribution is 14.1. The monoisotopic (exact) mass is 369 g/mol. The summed E-state index contributed by atoms with van der Waals surface area (Å²) in [5.41, 5.74) is 0.809. The van der Waals surface area contributed by atoms with Gasteiger partial charge in [-0.3, -0.25) is 0 Å². The number of anilines is 1. The van der Waals surface area contributed by atoms with Gasteiger partial charge in [0.2, 0.25) is 0 Å². The number of carbonyl (C=O) groups excluding carboxylic acids is 1. The van der Waals surface area contributed by atoms with Gasteiger partial charge in [-0.15, -0.1) is 0 Å². The third-order valence-corrected chi connectivity index (χ3v) is 3.92. The molecule has 1 saturated heterocycles. The van der Waals surface area contributed by atoms with Crippen LogP contribution in [0.1, 0.15) is 20.3 Å². The Morgan fingerprint density at radius 1 is 1.42 bits per heavy atom. The molecular formula is C15H16INO2. The maximum Gasteiger partial charge on any atom is 0.419 e. The Balaban J connectivity index is 2.30. The second-order valence-corrected chi connectivity index (χ2v) is 5.88. The number of ether oxygens (including phenoxy) is 1. The van der Waals surface area contributed by atoms with Crippen molar-refractivity contribution in [2.75, 3.05) is 4.90 Å². The van der Waals surface area contributed by atoms with Crippen LogP contribution in [0.25, 0.3) is 0 Å². The molecule has 1 aromatic carbocycles. The van der Waals surface area contributed by atoms with Gasteiger partial charge in [-0.2, -0.15) is 0 Å². The van der Waals surface area contributed by atoms with Crippen molar-refractivity contribution in [3.63, 3.8) is 0 Å². The molecule has 1 heterocycles. The molecule has 4 heteroatoms. The largest absolute Gasteiger partial charge is 0.436 e. The molecular weight excluding hydrogens is 353 g/mol. The summed E-state index contributed by atoms with van der Waals surface area (Å²) in [7, 11) is 0. The van der Waals surface area contributed by atoms with Crippen molar-refractivity contribution in [2.24, 2.45) is 0 Å². The fourth-order valence-electron chi connectivity index (χ4n) is 2.00. The van der Waals surface area contributed by atoms with Crippen molar-refractivity contribution < 1.29 is 9.53 Å². The Morgan fingerprint density at radius 2 is 2.05 bits per heavy atom. The molecule has 2 rings (SSSR count). The predicted molar refractivity (Wildman–Crippen MR) is 85.1 cm³/mol. The van der Waals surface area contributed by atoms with Crippen molar-refractivity contribution in [3.05, 3.63) is 52.3 Å². The van der Waals surface area contributed by atoms with Crippen LogP contribution in [-0.4, -0.2) is 11.7 Å². The van der Waals surface area contributed by atoms with Gasteiger partial charge in [0.15, 0.2) is 5.60 Å². The number of allylic oxidation sites excluding steroid dienone is 1. The van der Waals surface area contributed by atoms with Crippen molar-refractivity contribution in [3.8, 4) is 0 Å². The standard InChI is InChI=1S/C15H16INO2/c1-4-5-10-15(3)11(2)17(14(18)19-15)13-8-6-12(16)7-9-13/h4-9H,2,10H2,1,3H3/b5-4-. The summed E-state index contributed by atoms with van der Waals surface area (Å²) < 4.78 is 6.62. The van der Waals surface area contributed by atoms with E-state index in [2.05, 4.69) is 29.2 Å². The topological polar surface area (TPSA) is 29.5 Å². The van der Waals surface area contributed by atoms with Gasteiger partial charge < -0.3 is 4.74 Å². The second-order valence-electron chi connectivity index (χ2n) is 4.63. The lowest BCUT2D eigenvalue weighted by Crippen LogP contribution is -2.27. The minimum atomic E-state index is -0.660. The van der Waals surface area contributed by atoms with Crippen LogP contribution in [0.5, 0.6) is 0 Å². The molecule has 1 fully saturated rings. The molecule has 1 atom stereocenters. The van der Waals surface area contributed by atoms with Gasteiger partial charge in [-0.1, -0.05) is 18.7 Å². The number of halogens is 1. The molecule has 1 amide bonds. The number of carbonyl (C=O) groups is 1. The van der Waals surface area contributed by atoms with E-state index < -0.39 is 5.60 Å². The first-order chi connectivity index (χ1) is 8.98. The molecule has 1 aromatic rings. The number of rotatable bonds is 3. The number of cyclic esters (lactones) is 1. The highest BCUT2D eigenvalue weighted by Crippen LogP contribution is 2.38. The average Bonchev–Trinajstić information content (AvgIpc) is 2.60. The first-order valence-electron chi connectivity index (χ1n) is 6.07. The van der Waals surface area contributed by atoms with Crippen LogP contribution in [-0.2, 0) is 4.74 Å². The van der Waals surface area contributed by atoms with Crippen LogP contribution in [0.4, 0.5) is 10.5 Å². The SMILES string of the molecule is C=C1N(c2ccc(I)cc2)C(=O)OC1(C)C/C=C\C. The fraction of sp³-hybridized carbons (Fsp3) is 0.267. The van der Waals surface area contributed by atoms with Crippen LogP contribution < -0.4 is 4.90 Å². The van der Waals surface area contributed by atoms with Crippen molar-refractivity contribution in [1.82, 2.24) is 0 Å². The zero-order valence-corrected chi connectivity index (χ0v) is 13.2. The maximum atomic E-state index is 12.1. The van der Waals surface area contributed by atoms with E-state index in [1.165, 1.54) is 0 Å². The van der Waals surface area contributed by atoms with E-state index in [0.29, 0.717) is 12.1 Å². The summed E-state index contributed by atoms with van der Waals surface area (Å²) in [4.78, 5) is 13.6. The molecule has 0 saturated carbocycles. The third kappa shape index (κ3) is 2.68. The molecule has 100 valence electrons. The molecule has 0 bridgehead atoms. The van der Waals surface area contributed by atoms with Gasteiger partial charge in [-0.05, 0) is 60.7 Å². The van der Waals surface area contributed by atoms with Crippen molar-refractivity contribution in [2.45, 2.75) is 25.9 Å². The van der Waals surface area contributed by atoms with E-state index in [-0.39, 0.29) is 6.09 Å². The lowest BCUT2D eigenvalue weighted by molar-refractivity contribution is 0.0873. The first kappa shape index (κ1) is 14.1. The minimum Gasteiger partial charge on any atom is -0.436 e. The average molecular weight is 369 g/mol. The normalized spacial score (nSPS) is 23.2. The smallest absolute Gasteiger partial charge is 0.419 e. The lowest BCUT2D eigenvalue weighted by atomic mass is 9.98. The summed E-state index contributed by atoms with van der Waals surface area (Å²) in [5.74, 6) is 0. The van der Waals surface area contributed by atoms with E-state index in [9.17, 15) is 4.79 Å². The van der Waals surface area contributed by atoms with Crippen LogP contribution in [0.2, 0.25) is 0 Å². The lowest BCUT2D eigenvalue weighted by Gasteiger charge is -2.22. The predicted octanol–water partition coefficient (Wildman–Crippen LogP) is 4.49. The Bertz CT molecular complexity index is 536. The van der Waals surface area contributed by atoms with Crippen molar-refractivity contribution >= 4 is 34.4 Å². The summed E-state index contributed by atoms with van der Waals surface area (Å²) in [6, 6.07) is 7.71. The molecule has 0 aromatic heterocycles. The number of benzene rings is 1. The molecule has 3 nitrogen and oxygen atoms in total. The summed E-state index contributed by atoms with van der Waals surface area (Å²) in [6.07, 6.45) is 4.20. The van der Waals surface area contributed by atoms with Gasteiger partial charge in [0.1, 0.15) is 0 Å². The Kier molecular flexibility index (Phi) is 3.99. The molecule has 19 heavy (non-hydrogen) atoms. The number of hydrogen-bond donors (Lipinski definition) is 0. The molecule has 0 radical (unpaired) electrons. The highest BCUT2D eigenvalue weighted by Gasteiger charge is 2.45. The third-order valence-electron chi connectivity index (χ3n) is 3.20. The molecule has 0 aliphatic carbocycles. The Labute approximate surface area is 127 Å². The first-order valence-corrected chi connectivity index (χ1v) is 7.15. The summed E-state index contributed by atoms with van der Waals surface area (Å²) in [6.45, 7) is 7.87. The van der Waals surface area contributed by atoms with Crippen LogP contribution in [0, 0.1) is 3.57 Å². The zero-order valence-electron chi connectivity index (χ0n) is 11.0. The minimum absolute atomic E-state index is 0.363. The van der Waals surface area contributed by atoms with Crippen LogP contribution >= 0.6 is 22.6 Å². The van der Waals surface area contributed by atoms with E-state index in [1.54, 1.807) is 4.90 Å². The quantitative estimate of drug-likeness (QED) is 0.581. The van der Waals surface area contributed by atoms with E-state index in [0.717, 1.165) is 9.26 Å². The molecule has 1 aliphatic rings. The van der Waals surface area contributed by atoms with Crippen molar-refractivity contribution in [1.29, 1.82) is 0 Å². The molecule has 0 N–H and O–H groups in total. The van der Waals surface area contributed by atoms with Gasteiger partial charge in [0.05, 0.1) is 11.4 Å². The fourth-order valence-corrected chi connectivity index (χ4v) is 2.36. The molecule has 0 spiro atoms. The van der Waals surface area contributed by atoms with Crippen LogP contribution in [0.15, 0.2) is 48.7 Å². The van der Waals surface area contributed by atoms with Gasteiger partial charge >= 0.3 is 6.09 Å². The Hall–Kier alpha value is -1.30. The zero-order chi connectivity index (χ0) is 14.0. The number of hydrogen-bond acceptors (Lipinski definition) is 2. The van der Waals surface area contributed by atoms with E-state index >= 15 is 0 Å². The molecule has 1 unspecified atom stereocenters. The van der Waals surface area contributed by atoms with E-state index in [1.807, 2.05) is 50.3 Å². The second kappa shape index (κ2) is 5.36. The van der Waals surface area contributed by atoms with E-state index in [4.69, 9.17) is 4.74 Å². The molecule has 1 aliphatic heterocycles. The van der Waals surface area contributed by atoms with Gasteiger partial charge in [0.25, 0.3) is 0 Å². The number of nitrogens with zero attached hydrogens (tertiary/aromatic N) is 1. The number of amides is 1. The summed E-state index contributed by atoms with van der Waals surface area (Å²) in [5, 5.41) is 0. The van der Waals surface area contributed by atoms with Gasteiger partial charge in [-0.25, -0.2) is 9.69 Å². The highest BCUT2D eigenvalue weighted by atomic mass is 127. The maximum absolute atomic E-state index is 12.1.